The van der Waals surface area contributed by atoms with E-state index in [0.29, 0.717) is 13.2 Å². The van der Waals surface area contributed by atoms with Crippen molar-refractivity contribution in [1.29, 1.82) is 0 Å². The van der Waals surface area contributed by atoms with E-state index in [1.165, 1.54) is 0 Å². The molecule has 0 aliphatic carbocycles. The maximum Gasteiger partial charge on any atom is 0.316 e. The number of hydrogen-bond acceptors (Lipinski definition) is 4. The molecule has 0 saturated heterocycles. The summed E-state index contributed by atoms with van der Waals surface area (Å²) < 4.78 is 9.69. The highest BCUT2D eigenvalue weighted by Crippen LogP contribution is 1.73. The number of hydrogen-bond donors (Lipinski definition) is 3. The summed E-state index contributed by atoms with van der Waals surface area (Å²) >= 11 is 0. The monoisotopic (exact) mass is 192 g/mol. The van der Waals surface area contributed by atoms with E-state index >= 15 is 0 Å². The number of carbonyl (C=O) groups is 1. The number of urea groups is 1. The second-order valence-corrected chi connectivity index (χ2v) is 2.20. The first-order valence-electron chi connectivity index (χ1n) is 4.00. The third kappa shape index (κ3) is 9.06. The van der Waals surface area contributed by atoms with Crippen LogP contribution in [0.4, 0.5) is 4.79 Å². The number of ether oxygens (including phenoxy) is 2. The predicted octanol–water partition coefficient (Wildman–Crippen LogP) is -1.10. The zero-order valence-corrected chi connectivity index (χ0v) is 7.71. The van der Waals surface area contributed by atoms with Crippen LogP contribution in [0.2, 0.25) is 0 Å². The zero-order valence-electron chi connectivity index (χ0n) is 7.71. The molecule has 0 aliphatic rings. The Morgan fingerprint density at radius 2 is 2.15 bits per heavy atom. The molecule has 0 atom stereocenters. The Labute approximate surface area is 77.2 Å². The molecule has 0 aromatic heterocycles. The molecule has 0 heterocycles. The fourth-order valence-corrected chi connectivity index (χ4v) is 0.563. The van der Waals surface area contributed by atoms with Crippen LogP contribution >= 0.6 is 0 Å². The summed E-state index contributed by atoms with van der Waals surface area (Å²) in [6.45, 7) is 1.25. The van der Waals surface area contributed by atoms with Crippen LogP contribution in [0, 0.1) is 0 Å². The molecule has 0 spiro atoms. The highest BCUT2D eigenvalue weighted by atomic mass is 16.5. The molecule has 2 amide bonds. The van der Waals surface area contributed by atoms with Gasteiger partial charge in [-0.3, -0.25) is 0 Å². The SMILES string of the molecule is COCCOCNC(=O)NCCO. The van der Waals surface area contributed by atoms with Crippen molar-refractivity contribution in [3.05, 3.63) is 0 Å². The lowest BCUT2D eigenvalue weighted by Gasteiger charge is -2.06. The molecule has 13 heavy (non-hydrogen) atoms. The van der Waals surface area contributed by atoms with Gasteiger partial charge in [-0.25, -0.2) is 4.79 Å². The number of amides is 2. The molecule has 6 nitrogen and oxygen atoms in total. The van der Waals surface area contributed by atoms with Gasteiger partial charge in [-0.05, 0) is 0 Å². The Balaban J connectivity index is 3.08. The highest BCUT2D eigenvalue weighted by Gasteiger charge is 1.96. The van der Waals surface area contributed by atoms with E-state index in [4.69, 9.17) is 14.6 Å². The topological polar surface area (TPSA) is 79.8 Å². The minimum absolute atomic E-state index is 0.0715. The normalized spacial score (nSPS) is 9.69. The summed E-state index contributed by atoms with van der Waals surface area (Å²) in [6.07, 6.45) is 0. The lowest BCUT2D eigenvalue weighted by Crippen LogP contribution is -2.38. The van der Waals surface area contributed by atoms with Gasteiger partial charge < -0.3 is 25.2 Å². The Morgan fingerprint density at radius 1 is 1.38 bits per heavy atom. The molecule has 0 aromatic rings. The van der Waals surface area contributed by atoms with E-state index in [1.807, 2.05) is 0 Å². The van der Waals surface area contributed by atoms with Crippen LogP contribution in [0.3, 0.4) is 0 Å². The van der Waals surface area contributed by atoms with Crippen molar-refractivity contribution < 1.29 is 19.4 Å². The summed E-state index contributed by atoms with van der Waals surface area (Å²) in [5.74, 6) is 0. The van der Waals surface area contributed by atoms with E-state index in [2.05, 4.69) is 10.6 Å². The smallest absolute Gasteiger partial charge is 0.316 e. The first kappa shape index (κ1) is 12.2. The Bertz CT molecular complexity index is 132. The van der Waals surface area contributed by atoms with Gasteiger partial charge in [-0.15, -0.1) is 0 Å². The maximum absolute atomic E-state index is 10.8. The van der Waals surface area contributed by atoms with Crippen molar-refractivity contribution in [2.24, 2.45) is 0 Å². The summed E-state index contributed by atoms with van der Waals surface area (Å²) in [5, 5.41) is 13.2. The molecule has 78 valence electrons. The van der Waals surface area contributed by atoms with Crippen LogP contribution in [-0.4, -0.2) is 51.3 Å². The molecule has 0 fully saturated rings. The van der Waals surface area contributed by atoms with Gasteiger partial charge in [0.1, 0.15) is 6.73 Å². The molecule has 0 aromatic carbocycles. The van der Waals surface area contributed by atoms with Crippen molar-refractivity contribution in [3.8, 4) is 0 Å². The van der Waals surface area contributed by atoms with Gasteiger partial charge in [0.15, 0.2) is 0 Å². The van der Waals surface area contributed by atoms with Crippen molar-refractivity contribution in [2.75, 3.05) is 40.2 Å². The second kappa shape index (κ2) is 9.24. The average molecular weight is 192 g/mol. The zero-order chi connectivity index (χ0) is 9.94. The molecule has 0 unspecified atom stereocenters. The molecule has 0 aliphatic heterocycles. The molecular weight excluding hydrogens is 176 g/mol. The molecule has 0 bridgehead atoms. The van der Waals surface area contributed by atoms with Gasteiger partial charge in [0.2, 0.25) is 0 Å². The quantitative estimate of drug-likeness (QED) is 0.353. The van der Waals surface area contributed by atoms with Crippen molar-refractivity contribution >= 4 is 6.03 Å². The fourth-order valence-electron chi connectivity index (χ4n) is 0.563. The molecule has 0 saturated carbocycles. The molecule has 0 radical (unpaired) electrons. The number of methoxy groups -OCH3 is 1. The van der Waals surface area contributed by atoms with Crippen molar-refractivity contribution in [1.82, 2.24) is 10.6 Å². The summed E-state index contributed by atoms with van der Waals surface area (Å²) in [6, 6.07) is -0.355. The Kier molecular flexibility index (Phi) is 8.64. The van der Waals surface area contributed by atoms with Crippen LogP contribution in [0.5, 0.6) is 0 Å². The van der Waals surface area contributed by atoms with Gasteiger partial charge in [0, 0.05) is 13.7 Å². The minimum atomic E-state index is -0.355. The summed E-state index contributed by atoms with van der Waals surface area (Å²) in [5.41, 5.74) is 0. The third-order valence-electron chi connectivity index (χ3n) is 1.16. The third-order valence-corrected chi connectivity index (χ3v) is 1.16. The lowest BCUT2D eigenvalue weighted by atomic mass is 10.7. The van der Waals surface area contributed by atoms with Gasteiger partial charge >= 0.3 is 6.03 Å². The van der Waals surface area contributed by atoms with E-state index in [-0.39, 0.29) is 25.9 Å². The molecule has 3 N–H and O–H groups in total. The average Bonchev–Trinajstić information content (AvgIpc) is 2.14. The first-order valence-corrected chi connectivity index (χ1v) is 4.00. The number of nitrogens with one attached hydrogen (secondary N) is 2. The van der Waals surface area contributed by atoms with Crippen LogP contribution < -0.4 is 10.6 Å². The maximum atomic E-state index is 10.8. The highest BCUT2D eigenvalue weighted by molar-refractivity contribution is 5.73. The number of aliphatic hydroxyl groups excluding tert-OH is 1. The van der Waals surface area contributed by atoms with Gasteiger partial charge in [-0.1, -0.05) is 0 Å². The fraction of sp³-hybridized carbons (Fsp3) is 0.857. The van der Waals surface area contributed by atoms with Gasteiger partial charge in [0.25, 0.3) is 0 Å². The molecule has 6 heteroatoms. The van der Waals surface area contributed by atoms with Crippen LogP contribution in [-0.2, 0) is 9.47 Å². The van der Waals surface area contributed by atoms with Crippen LogP contribution in [0.1, 0.15) is 0 Å². The number of aliphatic hydroxyl groups is 1. The second-order valence-electron chi connectivity index (χ2n) is 2.20. The Morgan fingerprint density at radius 3 is 2.77 bits per heavy atom. The van der Waals surface area contributed by atoms with Gasteiger partial charge in [0.05, 0.1) is 19.8 Å². The van der Waals surface area contributed by atoms with Crippen LogP contribution in [0.15, 0.2) is 0 Å². The van der Waals surface area contributed by atoms with Crippen LogP contribution in [0.25, 0.3) is 0 Å². The lowest BCUT2D eigenvalue weighted by molar-refractivity contribution is 0.0642. The van der Waals surface area contributed by atoms with E-state index in [0.717, 1.165) is 0 Å². The van der Waals surface area contributed by atoms with Crippen molar-refractivity contribution in [2.45, 2.75) is 0 Å². The largest absolute Gasteiger partial charge is 0.395 e. The summed E-state index contributed by atoms with van der Waals surface area (Å²) in [4.78, 5) is 10.8. The van der Waals surface area contributed by atoms with E-state index in [1.54, 1.807) is 7.11 Å². The minimum Gasteiger partial charge on any atom is -0.395 e. The van der Waals surface area contributed by atoms with Crippen molar-refractivity contribution in [3.63, 3.8) is 0 Å². The standard InChI is InChI=1S/C7H16N2O4/c1-12-4-5-13-6-9-7(11)8-2-3-10/h10H,2-6H2,1H3,(H2,8,9,11). The first-order chi connectivity index (χ1) is 6.31. The molecule has 0 rings (SSSR count). The number of carbonyl (C=O) groups excluding carboxylic acids is 1. The number of rotatable bonds is 7. The Hall–Kier alpha value is -0.850. The van der Waals surface area contributed by atoms with Gasteiger partial charge in [-0.2, -0.15) is 0 Å². The molecular formula is C7H16N2O4. The summed E-state index contributed by atoms with van der Waals surface area (Å²) in [7, 11) is 1.57. The van der Waals surface area contributed by atoms with E-state index < -0.39 is 0 Å². The predicted molar refractivity (Wildman–Crippen MR) is 46.3 cm³/mol. The van der Waals surface area contributed by atoms with E-state index in [9.17, 15) is 4.79 Å².